The molecule has 1 aliphatic carbocycles. The molecule has 1 amide bonds. The van der Waals surface area contributed by atoms with E-state index in [1.54, 1.807) is 43.5 Å². The standard InChI is InChI=1S/C26H26N2O6S/c1-28(2)35(30,31)20-8-4-17(5-9-20)21-15-19(7-11-22(21)32-3)27-25(29)26(12-13-26)18-6-10-23-24(14-18)34-16-33-23/h4-11,14-15H,12-13,16H2,1-3H3,(H,27,29). The number of hydrogen-bond acceptors (Lipinski definition) is 6. The molecule has 3 aromatic rings. The molecular weight excluding hydrogens is 468 g/mol. The molecule has 0 saturated heterocycles. The van der Waals surface area contributed by atoms with Gasteiger partial charge in [0.05, 0.1) is 17.4 Å². The van der Waals surface area contributed by atoms with E-state index in [4.69, 9.17) is 14.2 Å². The zero-order valence-electron chi connectivity index (χ0n) is 19.7. The fourth-order valence-electron chi connectivity index (χ4n) is 4.25. The Labute approximate surface area is 204 Å². The van der Waals surface area contributed by atoms with Gasteiger partial charge in [-0.15, -0.1) is 0 Å². The van der Waals surface area contributed by atoms with Gasteiger partial charge in [0.25, 0.3) is 0 Å². The van der Waals surface area contributed by atoms with Gasteiger partial charge in [-0.25, -0.2) is 12.7 Å². The molecule has 1 fully saturated rings. The van der Waals surface area contributed by atoms with Crippen LogP contribution in [-0.2, 0) is 20.2 Å². The van der Waals surface area contributed by atoms with Gasteiger partial charge in [-0.05, 0) is 66.4 Å². The van der Waals surface area contributed by atoms with Gasteiger partial charge in [0.2, 0.25) is 22.7 Å². The molecule has 1 aliphatic heterocycles. The molecule has 3 aromatic carbocycles. The molecule has 182 valence electrons. The molecule has 1 saturated carbocycles. The van der Waals surface area contributed by atoms with Gasteiger partial charge in [0, 0.05) is 25.3 Å². The summed E-state index contributed by atoms with van der Waals surface area (Å²) < 4.78 is 42.4. The number of benzene rings is 3. The second-order valence-corrected chi connectivity index (χ2v) is 11.0. The van der Waals surface area contributed by atoms with Crippen molar-refractivity contribution >= 4 is 21.6 Å². The SMILES string of the molecule is COc1ccc(NC(=O)C2(c3ccc4c(c3)OCO4)CC2)cc1-c1ccc(S(=O)(=O)N(C)C)cc1. The van der Waals surface area contributed by atoms with E-state index in [9.17, 15) is 13.2 Å². The summed E-state index contributed by atoms with van der Waals surface area (Å²) >= 11 is 0. The summed E-state index contributed by atoms with van der Waals surface area (Å²) in [7, 11) is 1.03. The molecule has 35 heavy (non-hydrogen) atoms. The van der Waals surface area contributed by atoms with Gasteiger partial charge in [-0.1, -0.05) is 18.2 Å². The maximum atomic E-state index is 13.3. The molecule has 1 heterocycles. The van der Waals surface area contributed by atoms with E-state index in [1.807, 2.05) is 24.3 Å². The van der Waals surface area contributed by atoms with E-state index in [-0.39, 0.29) is 17.6 Å². The number of ether oxygens (including phenoxy) is 3. The van der Waals surface area contributed by atoms with Crippen LogP contribution >= 0.6 is 0 Å². The van der Waals surface area contributed by atoms with E-state index in [1.165, 1.54) is 18.4 Å². The number of nitrogens with one attached hydrogen (secondary N) is 1. The fourth-order valence-corrected chi connectivity index (χ4v) is 5.15. The van der Waals surface area contributed by atoms with E-state index >= 15 is 0 Å². The lowest BCUT2D eigenvalue weighted by atomic mass is 9.94. The lowest BCUT2D eigenvalue weighted by Crippen LogP contribution is -2.27. The third-order valence-electron chi connectivity index (χ3n) is 6.51. The number of fused-ring (bicyclic) bond motifs is 1. The monoisotopic (exact) mass is 494 g/mol. The van der Waals surface area contributed by atoms with Crippen molar-refractivity contribution in [2.24, 2.45) is 0 Å². The first kappa shape index (κ1) is 23.2. The second kappa shape index (κ2) is 8.58. The Kier molecular flexibility index (Phi) is 5.69. The van der Waals surface area contributed by atoms with Crippen molar-refractivity contribution in [2.45, 2.75) is 23.2 Å². The second-order valence-electron chi connectivity index (χ2n) is 8.83. The number of sulfonamides is 1. The van der Waals surface area contributed by atoms with Gasteiger partial charge < -0.3 is 19.5 Å². The number of nitrogens with zero attached hydrogens (tertiary/aromatic N) is 1. The highest BCUT2D eigenvalue weighted by Gasteiger charge is 2.51. The van der Waals surface area contributed by atoms with E-state index < -0.39 is 15.4 Å². The third kappa shape index (κ3) is 4.11. The van der Waals surface area contributed by atoms with Crippen LogP contribution in [0.3, 0.4) is 0 Å². The normalized spacial score (nSPS) is 15.7. The summed E-state index contributed by atoms with van der Waals surface area (Å²) in [5.74, 6) is 1.88. The Morgan fingerprint density at radius 1 is 0.971 bits per heavy atom. The molecule has 0 radical (unpaired) electrons. The third-order valence-corrected chi connectivity index (χ3v) is 8.34. The van der Waals surface area contributed by atoms with E-state index in [0.29, 0.717) is 22.9 Å². The first-order valence-corrected chi connectivity index (χ1v) is 12.6. The number of amides is 1. The van der Waals surface area contributed by atoms with Crippen LogP contribution in [-0.4, -0.2) is 46.6 Å². The Bertz CT molecular complexity index is 1400. The summed E-state index contributed by atoms with van der Waals surface area (Å²) in [6.45, 7) is 0.189. The van der Waals surface area contributed by atoms with Crippen LogP contribution in [0.25, 0.3) is 11.1 Å². The lowest BCUT2D eigenvalue weighted by Gasteiger charge is -2.18. The Morgan fingerprint density at radius 2 is 1.69 bits per heavy atom. The van der Waals surface area contributed by atoms with Crippen molar-refractivity contribution in [2.75, 3.05) is 33.3 Å². The lowest BCUT2D eigenvalue weighted by molar-refractivity contribution is -0.118. The minimum Gasteiger partial charge on any atom is -0.496 e. The van der Waals surface area contributed by atoms with Gasteiger partial charge in [0.1, 0.15) is 5.75 Å². The highest BCUT2D eigenvalue weighted by Crippen LogP contribution is 2.51. The fraction of sp³-hybridized carbons (Fsp3) is 0.269. The van der Waals surface area contributed by atoms with Crippen LogP contribution in [0.5, 0.6) is 17.2 Å². The zero-order chi connectivity index (χ0) is 24.8. The maximum absolute atomic E-state index is 13.3. The highest BCUT2D eigenvalue weighted by molar-refractivity contribution is 7.89. The Balaban J connectivity index is 1.41. The first-order valence-electron chi connectivity index (χ1n) is 11.2. The number of methoxy groups -OCH3 is 1. The number of hydrogen-bond donors (Lipinski definition) is 1. The quantitative estimate of drug-likeness (QED) is 0.533. The number of rotatable bonds is 7. The highest BCUT2D eigenvalue weighted by atomic mass is 32.2. The van der Waals surface area contributed by atoms with Crippen molar-refractivity contribution in [3.05, 3.63) is 66.2 Å². The molecule has 1 N–H and O–H groups in total. The Morgan fingerprint density at radius 3 is 2.34 bits per heavy atom. The number of carbonyl (C=O) groups excluding carboxylic acids is 1. The van der Waals surface area contributed by atoms with Crippen LogP contribution in [0.1, 0.15) is 18.4 Å². The average Bonchev–Trinajstić information content (AvgIpc) is 3.54. The first-order chi connectivity index (χ1) is 16.7. The average molecular weight is 495 g/mol. The summed E-state index contributed by atoms with van der Waals surface area (Å²) in [5.41, 5.74) is 2.46. The van der Waals surface area contributed by atoms with Crippen molar-refractivity contribution in [3.8, 4) is 28.4 Å². The van der Waals surface area contributed by atoms with Crippen molar-refractivity contribution in [1.82, 2.24) is 4.31 Å². The van der Waals surface area contributed by atoms with Crippen LogP contribution in [0, 0.1) is 0 Å². The molecule has 8 nitrogen and oxygen atoms in total. The largest absolute Gasteiger partial charge is 0.496 e. The molecule has 0 atom stereocenters. The van der Waals surface area contributed by atoms with E-state index in [2.05, 4.69) is 5.32 Å². The molecule has 9 heteroatoms. The molecule has 5 rings (SSSR count). The summed E-state index contributed by atoms with van der Waals surface area (Å²) in [6.07, 6.45) is 1.51. The van der Waals surface area contributed by atoms with Gasteiger partial charge in [-0.2, -0.15) is 0 Å². The minimum atomic E-state index is -3.53. The van der Waals surface area contributed by atoms with Crippen LogP contribution < -0.4 is 19.5 Å². The molecular formula is C26H26N2O6S. The van der Waals surface area contributed by atoms with Gasteiger partial charge in [-0.3, -0.25) is 4.79 Å². The van der Waals surface area contributed by atoms with Crippen molar-refractivity contribution in [3.63, 3.8) is 0 Å². The van der Waals surface area contributed by atoms with Gasteiger partial charge in [0.15, 0.2) is 11.5 Å². The summed E-state index contributed by atoms with van der Waals surface area (Å²) in [4.78, 5) is 13.5. The summed E-state index contributed by atoms with van der Waals surface area (Å²) in [6, 6.07) is 17.7. The predicted molar refractivity (Wildman–Crippen MR) is 131 cm³/mol. The van der Waals surface area contributed by atoms with Crippen LogP contribution in [0.15, 0.2) is 65.6 Å². The maximum Gasteiger partial charge on any atom is 0.242 e. The molecule has 0 aromatic heterocycles. The topological polar surface area (TPSA) is 94.2 Å². The van der Waals surface area contributed by atoms with Crippen LogP contribution in [0.4, 0.5) is 5.69 Å². The summed E-state index contributed by atoms with van der Waals surface area (Å²) in [5, 5.41) is 3.05. The zero-order valence-corrected chi connectivity index (χ0v) is 20.5. The predicted octanol–water partition coefficient (Wildman–Crippen LogP) is 4.01. The van der Waals surface area contributed by atoms with Crippen molar-refractivity contribution in [1.29, 1.82) is 0 Å². The Hall–Kier alpha value is -3.56. The number of carbonyl (C=O) groups is 1. The minimum absolute atomic E-state index is 0.0834. The van der Waals surface area contributed by atoms with E-state index in [0.717, 1.165) is 29.5 Å². The van der Waals surface area contributed by atoms with Crippen molar-refractivity contribution < 1.29 is 27.4 Å². The smallest absolute Gasteiger partial charge is 0.242 e. The molecule has 0 spiro atoms. The van der Waals surface area contributed by atoms with Gasteiger partial charge >= 0.3 is 0 Å². The molecule has 0 unspecified atom stereocenters. The molecule has 2 aliphatic rings. The molecule has 0 bridgehead atoms. The number of anilines is 1. The van der Waals surface area contributed by atoms with Crippen LogP contribution in [0.2, 0.25) is 0 Å².